The molecule has 0 aliphatic carbocycles. The van der Waals surface area contributed by atoms with Crippen LogP contribution < -0.4 is 0 Å². The van der Waals surface area contributed by atoms with Crippen LogP contribution in [-0.4, -0.2) is 5.11 Å². The Bertz CT molecular complexity index is 487. The van der Waals surface area contributed by atoms with Gasteiger partial charge in [-0.05, 0) is 43.2 Å². The fraction of sp³-hybridized carbons (Fsp3) is 0.231. The number of aliphatic hydroxyl groups excluding tert-OH is 1. The maximum atomic E-state index is 10.3. The van der Waals surface area contributed by atoms with Crippen molar-refractivity contribution in [3.63, 3.8) is 0 Å². The molecule has 0 radical (unpaired) electrons. The molecule has 0 fully saturated rings. The average Bonchev–Trinajstić information content (AvgIpc) is 2.58. The summed E-state index contributed by atoms with van der Waals surface area (Å²) in [7, 11) is 0. The molecule has 1 aromatic carbocycles. The minimum atomic E-state index is -0.516. The molecular formula is C13H13BrOS. The summed E-state index contributed by atoms with van der Waals surface area (Å²) in [6, 6.07) is 9.86. The Morgan fingerprint density at radius 1 is 1.19 bits per heavy atom. The molecule has 1 unspecified atom stereocenters. The number of halogens is 1. The number of aryl methyl sites for hydroxylation is 2. The lowest BCUT2D eigenvalue weighted by atomic mass is 10.0. The average molecular weight is 297 g/mol. The van der Waals surface area contributed by atoms with E-state index >= 15 is 0 Å². The van der Waals surface area contributed by atoms with Crippen LogP contribution in [0.2, 0.25) is 0 Å². The van der Waals surface area contributed by atoms with Crippen molar-refractivity contribution < 1.29 is 5.11 Å². The number of thiophene rings is 1. The van der Waals surface area contributed by atoms with E-state index in [0.29, 0.717) is 0 Å². The minimum Gasteiger partial charge on any atom is -0.384 e. The molecule has 1 nitrogen and oxygen atoms in total. The van der Waals surface area contributed by atoms with Gasteiger partial charge in [0.2, 0.25) is 0 Å². The molecule has 2 rings (SSSR count). The van der Waals surface area contributed by atoms with Crippen LogP contribution in [0.25, 0.3) is 0 Å². The van der Waals surface area contributed by atoms with E-state index in [1.54, 1.807) is 11.3 Å². The Labute approximate surface area is 108 Å². The van der Waals surface area contributed by atoms with Crippen molar-refractivity contribution in [2.45, 2.75) is 20.0 Å². The smallest absolute Gasteiger partial charge is 0.105 e. The first-order valence-electron chi connectivity index (χ1n) is 5.08. The van der Waals surface area contributed by atoms with Gasteiger partial charge in [-0.1, -0.05) is 28.1 Å². The summed E-state index contributed by atoms with van der Waals surface area (Å²) in [6.07, 6.45) is -0.516. The molecule has 2 aromatic rings. The van der Waals surface area contributed by atoms with Gasteiger partial charge < -0.3 is 5.11 Å². The van der Waals surface area contributed by atoms with Crippen molar-refractivity contribution in [3.05, 3.63) is 55.7 Å². The Kier molecular flexibility index (Phi) is 3.47. The molecule has 0 aliphatic heterocycles. The maximum absolute atomic E-state index is 10.3. The van der Waals surface area contributed by atoms with E-state index in [-0.39, 0.29) is 0 Å². The molecule has 1 N–H and O–H groups in total. The van der Waals surface area contributed by atoms with Crippen LogP contribution in [0.1, 0.15) is 27.0 Å². The van der Waals surface area contributed by atoms with E-state index in [1.807, 2.05) is 24.3 Å². The zero-order valence-electron chi connectivity index (χ0n) is 9.20. The van der Waals surface area contributed by atoms with Gasteiger partial charge in [0.25, 0.3) is 0 Å². The van der Waals surface area contributed by atoms with Crippen molar-refractivity contribution in [1.82, 2.24) is 0 Å². The highest BCUT2D eigenvalue weighted by Crippen LogP contribution is 2.30. The van der Waals surface area contributed by atoms with Crippen molar-refractivity contribution in [2.24, 2.45) is 0 Å². The number of hydrogen-bond donors (Lipinski definition) is 1. The molecule has 16 heavy (non-hydrogen) atoms. The first-order valence-corrected chi connectivity index (χ1v) is 6.69. The molecule has 1 atom stereocenters. The Morgan fingerprint density at radius 2 is 1.81 bits per heavy atom. The molecule has 0 amide bonds. The Balaban J connectivity index is 2.35. The zero-order chi connectivity index (χ0) is 11.7. The Hall–Kier alpha value is -0.640. The topological polar surface area (TPSA) is 20.2 Å². The second kappa shape index (κ2) is 4.70. The highest BCUT2D eigenvalue weighted by atomic mass is 79.9. The molecule has 84 valence electrons. The van der Waals surface area contributed by atoms with Crippen LogP contribution in [0.15, 0.2) is 34.8 Å². The van der Waals surface area contributed by atoms with Crippen molar-refractivity contribution >= 4 is 27.3 Å². The lowest BCUT2D eigenvalue weighted by Gasteiger charge is -2.10. The predicted molar refractivity (Wildman–Crippen MR) is 72.0 cm³/mol. The quantitative estimate of drug-likeness (QED) is 0.880. The standard InChI is InChI=1S/C13H13BrOS/c1-8-7-12(9(2)16-8)13(15)10-3-5-11(14)6-4-10/h3-7,13,15H,1-2H3. The van der Waals surface area contributed by atoms with E-state index in [0.717, 1.165) is 15.6 Å². The Morgan fingerprint density at radius 3 is 2.31 bits per heavy atom. The number of benzene rings is 1. The molecule has 1 aromatic heterocycles. The molecule has 0 saturated heterocycles. The maximum Gasteiger partial charge on any atom is 0.105 e. The molecule has 0 aliphatic rings. The first kappa shape index (κ1) is 11.8. The van der Waals surface area contributed by atoms with E-state index < -0.39 is 6.10 Å². The fourth-order valence-corrected chi connectivity index (χ4v) is 2.97. The van der Waals surface area contributed by atoms with Gasteiger partial charge in [-0.25, -0.2) is 0 Å². The summed E-state index contributed by atoms with van der Waals surface area (Å²) in [4.78, 5) is 2.43. The monoisotopic (exact) mass is 296 g/mol. The highest BCUT2D eigenvalue weighted by molar-refractivity contribution is 9.10. The number of hydrogen-bond acceptors (Lipinski definition) is 2. The van der Waals surface area contributed by atoms with E-state index in [4.69, 9.17) is 0 Å². The van der Waals surface area contributed by atoms with Gasteiger partial charge >= 0.3 is 0 Å². The molecular weight excluding hydrogens is 284 g/mol. The van der Waals surface area contributed by atoms with Crippen LogP contribution in [0.4, 0.5) is 0 Å². The van der Waals surface area contributed by atoms with Gasteiger partial charge in [0, 0.05) is 14.2 Å². The third-order valence-electron chi connectivity index (χ3n) is 2.56. The van der Waals surface area contributed by atoms with Gasteiger partial charge in [-0.15, -0.1) is 11.3 Å². The largest absolute Gasteiger partial charge is 0.384 e. The van der Waals surface area contributed by atoms with Crippen molar-refractivity contribution in [2.75, 3.05) is 0 Å². The van der Waals surface area contributed by atoms with Crippen LogP contribution in [0.5, 0.6) is 0 Å². The summed E-state index contributed by atoms with van der Waals surface area (Å²) in [5, 5.41) is 10.3. The number of rotatable bonds is 2. The fourth-order valence-electron chi connectivity index (χ4n) is 1.75. The van der Waals surface area contributed by atoms with Crippen molar-refractivity contribution in [1.29, 1.82) is 0 Å². The van der Waals surface area contributed by atoms with E-state index in [9.17, 15) is 5.11 Å². The molecule has 3 heteroatoms. The van der Waals surface area contributed by atoms with E-state index in [2.05, 4.69) is 35.8 Å². The minimum absolute atomic E-state index is 0.516. The normalized spacial score (nSPS) is 12.8. The lowest BCUT2D eigenvalue weighted by Crippen LogP contribution is -1.99. The molecule has 1 heterocycles. The second-order valence-corrected chi connectivity index (χ2v) is 6.20. The van der Waals surface area contributed by atoms with Crippen LogP contribution in [0.3, 0.4) is 0 Å². The summed E-state index contributed by atoms with van der Waals surface area (Å²) in [5.41, 5.74) is 1.95. The van der Waals surface area contributed by atoms with Gasteiger partial charge in [0.15, 0.2) is 0 Å². The predicted octanol–water partition coefficient (Wildman–Crippen LogP) is 4.21. The summed E-state index contributed by atoms with van der Waals surface area (Å²) in [5.74, 6) is 0. The van der Waals surface area contributed by atoms with Crippen LogP contribution in [-0.2, 0) is 0 Å². The number of aliphatic hydroxyl groups is 1. The zero-order valence-corrected chi connectivity index (χ0v) is 11.6. The van der Waals surface area contributed by atoms with Crippen molar-refractivity contribution in [3.8, 4) is 0 Å². The first-order chi connectivity index (χ1) is 7.58. The van der Waals surface area contributed by atoms with Crippen LogP contribution in [0, 0.1) is 13.8 Å². The third kappa shape index (κ3) is 2.37. The third-order valence-corrected chi connectivity index (χ3v) is 4.07. The van der Waals surface area contributed by atoms with Gasteiger partial charge in [0.05, 0.1) is 0 Å². The van der Waals surface area contributed by atoms with E-state index in [1.165, 1.54) is 9.75 Å². The molecule has 0 saturated carbocycles. The molecule has 0 bridgehead atoms. The van der Waals surface area contributed by atoms with Gasteiger partial charge in [0.1, 0.15) is 6.10 Å². The van der Waals surface area contributed by atoms with Gasteiger partial charge in [-0.2, -0.15) is 0 Å². The summed E-state index contributed by atoms with van der Waals surface area (Å²) >= 11 is 5.12. The van der Waals surface area contributed by atoms with Gasteiger partial charge in [-0.3, -0.25) is 0 Å². The van der Waals surface area contributed by atoms with Crippen LogP contribution >= 0.6 is 27.3 Å². The summed E-state index contributed by atoms with van der Waals surface area (Å²) < 4.78 is 1.03. The molecule has 0 spiro atoms. The SMILES string of the molecule is Cc1cc(C(O)c2ccc(Br)cc2)c(C)s1. The second-order valence-electron chi connectivity index (χ2n) is 3.82. The lowest BCUT2D eigenvalue weighted by molar-refractivity contribution is 0.220. The highest BCUT2D eigenvalue weighted by Gasteiger charge is 2.14. The summed E-state index contributed by atoms with van der Waals surface area (Å²) in [6.45, 7) is 4.12.